The van der Waals surface area contributed by atoms with Crippen LogP contribution in [0.3, 0.4) is 0 Å². The van der Waals surface area contributed by atoms with Gasteiger partial charge in [0.25, 0.3) is 0 Å². The molecule has 0 saturated heterocycles. The van der Waals surface area contributed by atoms with E-state index in [4.69, 9.17) is 11.6 Å². The summed E-state index contributed by atoms with van der Waals surface area (Å²) in [5, 5.41) is 0. The Morgan fingerprint density at radius 2 is 1.89 bits per heavy atom. The van der Waals surface area contributed by atoms with Crippen LogP contribution in [0.1, 0.15) is 52.4 Å². The minimum Gasteiger partial charge on any atom is -0.212 e. The highest BCUT2D eigenvalue weighted by Crippen LogP contribution is 2.28. The summed E-state index contributed by atoms with van der Waals surface area (Å²) in [4.78, 5) is 0. The second kappa shape index (κ2) is 7.71. The van der Waals surface area contributed by atoms with E-state index in [0.29, 0.717) is 11.8 Å². The van der Waals surface area contributed by atoms with E-state index >= 15 is 0 Å². The van der Waals surface area contributed by atoms with E-state index in [0.717, 1.165) is 19.3 Å². The van der Waals surface area contributed by atoms with E-state index in [2.05, 4.69) is 11.6 Å². The lowest BCUT2D eigenvalue weighted by atomic mass is 9.83. The van der Waals surface area contributed by atoms with Crippen LogP contribution in [-0.2, 0) is 10.0 Å². The van der Waals surface area contributed by atoms with Crippen molar-refractivity contribution in [2.45, 2.75) is 58.4 Å². The molecular weight excluding hydrogens is 270 g/mol. The first kappa shape index (κ1) is 16.3. The van der Waals surface area contributed by atoms with Crippen LogP contribution in [0.15, 0.2) is 0 Å². The Morgan fingerprint density at radius 3 is 2.39 bits per heavy atom. The van der Waals surface area contributed by atoms with Crippen LogP contribution in [0.5, 0.6) is 0 Å². The van der Waals surface area contributed by atoms with Crippen LogP contribution in [0.25, 0.3) is 0 Å². The predicted octanol–water partition coefficient (Wildman–Crippen LogP) is 3.14. The van der Waals surface area contributed by atoms with E-state index in [9.17, 15) is 8.42 Å². The van der Waals surface area contributed by atoms with E-state index < -0.39 is 10.0 Å². The van der Waals surface area contributed by atoms with Crippen LogP contribution in [-0.4, -0.2) is 26.1 Å². The van der Waals surface area contributed by atoms with Crippen LogP contribution in [0, 0.1) is 11.8 Å². The Kier molecular flexibility index (Phi) is 6.96. The van der Waals surface area contributed by atoms with Crippen molar-refractivity contribution in [2.75, 3.05) is 11.6 Å². The highest BCUT2D eigenvalue weighted by molar-refractivity contribution is 7.89. The highest BCUT2D eigenvalue weighted by atomic mass is 35.5. The van der Waals surface area contributed by atoms with Crippen molar-refractivity contribution in [2.24, 2.45) is 11.8 Å². The number of hydrogen-bond donors (Lipinski definition) is 1. The first-order valence-electron chi connectivity index (χ1n) is 7.04. The third kappa shape index (κ3) is 5.45. The molecule has 5 heteroatoms. The predicted molar refractivity (Wildman–Crippen MR) is 77.5 cm³/mol. The van der Waals surface area contributed by atoms with Crippen molar-refractivity contribution in [1.29, 1.82) is 0 Å². The van der Waals surface area contributed by atoms with Crippen LogP contribution >= 0.6 is 11.6 Å². The molecule has 0 amide bonds. The van der Waals surface area contributed by atoms with Gasteiger partial charge in [0, 0.05) is 11.9 Å². The van der Waals surface area contributed by atoms with E-state index in [-0.39, 0.29) is 17.7 Å². The summed E-state index contributed by atoms with van der Waals surface area (Å²) < 4.78 is 27.0. The lowest BCUT2D eigenvalue weighted by Crippen LogP contribution is -2.42. The Bertz CT molecular complexity index is 326. The zero-order valence-electron chi connectivity index (χ0n) is 11.5. The van der Waals surface area contributed by atoms with Gasteiger partial charge in [0.05, 0.1) is 5.75 Å². The highest BCUT2D eigenvalue weighted by Gasteiger charge is 2.26. The van der Waals surface area contributed by atoms with Gasteiger partial charge in [0.15, 0.2) is 0 Å². The monoisotopic (exact) mass is 295 g/mol. The molecule has 1 aliphatic carbocycles. The van der Waals surface area contributed by atoms with Crippen molar-refractivity contribution in [3.05, 3.63) is 0 Å². The molecule has 1 rings (SSSR count). The largest absolute Gasteiger partial charge is 0.212 e. The molecule has 0 aromatic carbocycles. The zero-order valence-corrected chi connectivity index (χ0v) is 13.1. The summed E-state index contributed by atoms with van der Waals surface area (Å²) in [5.74, 6) is 1.05. The Morgan fingerprint density at radius 1 is 1.28 bits per heavy atom. The van der Waals surface area contributed by atoms with Crippen molar-refractivity contribution in [3.8, 4) is 0 Å². The van der Waals surface area contributed by atoms with Crippen LogP contribution in [0.2, 0.25) is 0 Å². The smallest absolute Gasteiger partial charge is 0.212 e. The second-order valence-corrected chi connectivity index (χ2v) is 7.68. The molecule has 3 nitrogen and oxygen atoms in total. The van der Waals surface area contributed by atoms with Gasteiger partial charge in [-0.25, -0.2) is 13.1 Å². The summed E-state index contributed by atoms with van der Waals surface area (Å²) >= 11 is 5.68. The van der Waals surface area contributed by atoms with Crippen molar-refractivity contribution >= 4 is 21.6 Å². The SMILES string of the molecule is CCC(NS(=O)(=O)CC(C)CCl)C1CCCCC1. The van der Waals surface area contributed by atoms with Gasteiger partial charge in [-0.15, -0.1) is 11.6 Å². The molecule has 1 saturated carbocycles. The molecule has 0 aromatic heterocycles. The minimum absolute atomic E-state index is 0.00743. The number of hydrogen-bond acceptors (Lipinski definition) is 2. The lowest BCUT2D eigenvalue weighted by Gasteiger charge is -2.30. The van der Waals surface area contributed by atoms with Crippen molar-refractivity contribution in [3.63, 3.8) is 0 Å². The fourth-order valence-corrected chi connectivity index (χ4v) is 4.77. The van der Waals surface area contributed by atoms with Gasteiger partial charge in [0.2, 0.25) is 10.0 Å². The molecule has 0 aromatic rings. The fourth-order valence-electron chi connectivity index (χ4n) is 2.75. The van der Waals surface area contributed by atoms with Gasteiger partial charge >= 0.3 is 0 Å². The molecule has 0 spiro atoms. The molecular formula is C13H26ClNO2S. The number of nitrogens with one attached hydrogen (secondary N) is 1. The fraction of sp³-hybridized carbons (Fsp3) is 1.00. The van der Waals surface area contributed by atoms with Gasteiger partial charge in [-0.1, -0.05) is 33.1 Å². The van der Waals surface area contributed by atoms with Gasteiger partial charge in [-0.2, -0.15) is 0 Å². The molecule has 1 aliphatic rings. The van der Waals surface area contributed by atoms with Crippen LogP contribution in [0.4, 0.5) is 0 Å². The van der Waals surface area contributed by atoms with Crippen LogP contribution < -0.4 is 4.72 Å². The first-order chi connectivity index (χ1) is 8.48. The quantitative estimate of drug-likeness (QED) is 0.734. The average molecular weight is 296 g/mol. The third-order valence-electron chi connectivity index (χ3n) is 3.76. The third-order valence-corrected chi connectivity index (χ3v) is 5.95. The van der Waals surface area contributed by atoms with Gasteiger partial charge in [-0.05, 0) is 31.1 Å². The van der Waals surface area contributed by atoms with Gasteiger partial charge in [0.1, 0.15) is 0 Å². The summed E-state index contributed by atoms with van der Waals surface area (Å²) in [6.45, 7) is 3.93. The minimum atomic E-state index is -3.19. The Hall–Kier alpha value is 0.200. The van der Waals surface area contributed by atoms with Gasteiger partial charge < -0.3 is 0 Å². The second-order valence-electron chi connectivity index (χ2n) is 5.57. The topological polar surface area (TPSA) is 46.2 Å². The summed E-state index contributed by atoms with van der Waals surface area (Å²) in [6, 6.07) is 0.109. The number of sulfonamides is 1. The number of halogens is 1. The molecule has 2 atom stereocenters. The Balaban J connectivity index is 2.55. The molecule has 2 unspecified atom stereocenters. The first-order valence-corrected chi connectivity index (χ1v) is 9.23. The molecule has 108 valence electrons. The molecule has 18 heavy (non-hydrogen) atoms. The normalized spacial score (nSPS) is 21.7. The molecule has 0 bridgehead atoms. The maximum Gasteiger partial charge on any atom is 0.212 e. The summed E-state index contributed by atoms with van der Waals surface area (Å²) in [5.41, 5.74) is 0. The Labute approximate surface area is 117 Å². The van der Waals surface area contributed by atoms with Crippen molar-refractivity contribution < 1.29 is 8.42 Å². The maximum absolute atomic E-state index is 12.0. The summed E-state index contributed by atoms with van der Waals surface area (Å²) in [7, 11) is -3.19. The van der Waals surface area contributed by atoms with Gasteiger partial charge in [-0.3, -0.25) is 0 Å². The van der Waals surface area contributed by atoms with E-state index in [1.54, 1.807) is 0 Å². The lowest BCUT2D eigenvalue weighted by molar-refractivity contribution is 0.285. The molecule has 1 N–H and O–H groups in total. The molecule has 0 aliphatic heterocycles. The molecule has 0 radical (unpaired) electrons. The van der Waals surface area contributed by atoms with E-state index in [1.807, 2.05) is 6.92 Å². The summed E-state index contributed by atoms with van der Waals surface area (Å²) in [6.07, 6.45) is 6.96. The molecule has 1 fully saturated rings. The van der Waals surface area contributed by atoms with E-state index in [1.165, 1.54) is 19.3 Å². The number of rotatable bonds is 7. The maximum atomic E-state index is 12.0. The number of alkyl halides is 1. The zero-order chi connectivity index (χ0) is 13.6. The average Bonchev–Trinajstić information content (AvgIpc) is 2.36. The molecule has 0 heterocycles. The standard InChI is InChI=1S/C13H26ClNO2S/c1-3-13(12-7-5-4-6-8-12)15-18(16,17)10-11(2)9-14/h11-13,15H,3-10H2,1-2H3. The van der Waals surface area contributed by atoms with Crippen molar-refractivity contribution in [1.82, 2.24) is 4.72 Å².